The van der Waals surface area contributed by atoms with E-state index in [1.165, 1.54) is 32.2 Å². The van der Waals surface area contributed by atoms with Crippen LogP contribution in [0, 0.1) is 5.82 Å². The van der Waals surface area contributed by atoms with E-state index in [-0.39, 0.29) is 11.5 Å². The fourth-order valence-electron chi connectivity index (χ4n) is 2.13. The van der Waals surface area contributed by atoms with Crippen molar-refractivity contribution in [1.82, 2.24) is 15.5 Å². The summed E-state index contributed by atoms with van der Waals surface area (Å²) in [6.07, 6.45) is 0. The Morgan fingerprint density at radius 1 is 1.33 bits per heavy atom. The summed E-state index contributed by atoms with van der Waals surface area (Å²) in [6, 6.07) is 5.15. The molecule has 0 aliphatic carbocycles. The average molecular weight is 339 g/mol. The zero-order valence-electron chi connectivity index (χ0n) is 14.9. The number of nitrogens with zero attached hydrogens (tertiary/aromatic N) is 1. The number of benzene rings is 1. The predicted molar refractivity (Wildman–Crippen MR) is 89.9 cm³/mol. The Morgan fingerprint density at radius 2 is 1.96 bits per heavy atom. The van der Waals surface area contributed by atoms with Gasteiger partial charge in [-0.25, -0.2) is 4.39 Å². The standard InChI is InChI=1S/C17H26FN3O3/c1-12(15(22)19-10-11-21(3)4)20-16(23)17(2,24-5)13-8-6-7-9-14(13)18/h6-9,12H,10-11H2,1-5H3,(H,19,22)(H,20,23)/t12-,17-/m0/s1. The monoisotopic (exact) mass is 339 g/mol. The normalized spacial score (nSPS) is 14.8. The highest BCUT2D eigenvalue weighted by Crippen LogP contribution is 2.27. The van der Waals surface area contributed by atoms with Gasteiger partial charge in [0.15, 0.2) is 5.60 Å². The molecule has 2 atom stereocenters. The first-order valence-electron chi connectivity index (χ1n) is 7.76. The number of rotatable bonds is 8. The van der Waals surface area contributed by atoms with Crippen LogP contribution in [0.2, 0.25) is 0 Å². The van der Waals surface area contributed by atoms with Crippen LogP contribution in [-0.4, -0.2) is 57.1 Å². The van der Waals surface area contributed by atoms with E-state index < -0.39 is 23.4 Å². The number of hydrogen-bond donors (Lipinski definition) is 2. The number of nitrogens with one attached hydrogen (secondary N) is 2. The lowest BCUT2D eigenvalue weighted by atomic mass is 9.93. The molecular formula is C17H26FN3O3. The number of methoxy groups -OCH3 is 1. The first-order chi connectivity index (χ1) is 11.2. The summed E-state index contributed by atoms with van der Waals surface area (Å²) in [5.74, 6) is -1.43. The molecule has 0 aliphatic heterocycles. The van der Waals surface area contributed by atoms with Crippen LogP contribution in [-0.2, 0) is 19.9 Å². The summed E-state index contributed by atoms with van der Waals surface area (Å²) in [5.41, 5.74) is -1.41. The van der Waals surface area contributed by atoms with E-state index in [0.29, 0.717) is 13.1 Å². The second kappa shape index (κ2) is 8.75. The SMILES string of the molecule is CO[C@](C)(C(=O)N[C@@H](C)C(=O)NCCN(C)C)c1ccccc1F. The fourth-order valence-corrected chi connectivity index (χ4v) is 2.13. The second-order valence-electron chi connectivity index (χ2n) is 6.01. The molecular weight excluding hydrogens is 313 g/mol. The van der Waals surface area contributed by atoms with Gasteiger partial charge in [0.05, 0.1) is 0 Å². The van der Waals surface area contributed by atoms with Gasteiger partial charge < -0.3 is 20.3 Å². The largest absolute Gasteiger partial charge is 0.364 e. The van der Waals surface area contributed by atoms with E-state index >= 15 is 0 Å². The number of amides is 2. The van der Waals surface area contributed by atoms with Gasteiger partial charge in [-0.1, -0.05) is 18.2 Å². The summed E-state index contributed by atoms with van der Waals surface area (Å²) in [5, 5.41) is 5.31. The molecule has 0 saturated carbocycles. The Balaban J connectivity index is 2.77. The van der Waals surface area contributed by atoms with E-state index in [9.17, 15) is 14.0 Å². The minimum Gasteiger partial charge on any atom is -0.364 e. The first-order valence-corrected chi connectivity index (χ1v) is 7.76. The Morgan fingerprint density at radius 3 is 2.50 bits per heavy atom. The van der Waals surface area contributed by atoms with Gasteiger partial charge in [-0.15, -0.1) is 0 Å². The molecule has 0 aromatic heterocycles. The Hall–Kier alpha value is -1.99. The number of halogens is 1. The van der Waals surface area contributed by atoms with Crippen LogP contribution in [0.15, 0.2) is 24.3 Å². The minimum absolute atomic E-state index is 0.116. The third kappa shape index (κ3) is 5.01. The van der Waals surface area contributed by atoms with Crippen molar-refractivity contribution in [3.05, 3.63) is 35.6 Å². The van der Waals surface area contributed by atoms with Crippen molar-refractivity contribution in [1.29, 1.82) is 0 Å². The molecule has 0 aliphatic rings. The van der Waals surface area contributed by atoms with Crippen LogP contribution in [0.1, 0.15) is 19.4 Å². The minimum atomic E-state index is -1.52. The van der Waals surface area contributed by atoms with Crippen molar-refractivity contribution in [3.8, 4) is 0 Å². The third-order valence-corrected chi connectivity index (χ3v) is 3.83. The van der Waals surface area contributed by atoms with Crippen molar-refractivity contribution in [2.45, 2.75) is 25.5 Å². The summed E-state index contributed by atoms with van der Waals surface area (Å²) >= 11 is 0. The van der Waals surface area contributed by atoms with Crippen molar-refractivity contribution in [2.75, 3.05) is 34.3 Å². The van der Waals surface area contributed by atoms with Crippen LogP contribution in [0.4, 0.5) is 4.39 Å². The summed E-state index contributed by atoms with van der Waals surface area (Å²) in [7, 11) is 5.12. The van der Waals surface area contributed by atoms with Crippen LogP contribution in [0.3, 0.4) is 0 Å². The fraction of sp³-hybridized carbons (Fsp3) is 0.529. The lowest BCUT2D eigenvalue weighted by Crippen LogP contribution is -2.52. The predicted octanol–water partition coefficient (Wildman–Crippen LogP) is 0.870. The Bertz CT molecular complexity index is 580. The highest BCUT2D eigenvalue weighted by atomic mass is 19.1. The number of carbonyl (C=O) groups is 2. The molecule has 1 aromatic carbocycles. The van der Waals surface area contributed by atoms with Gasteiger partial charge in [-0.3, -0.25) is 9.59 Å². The first kappa shape index (κ1) is 20.1. The molecule has 6 nitrogen and oxygen atoms in total. The molecule has 0 bridgehead atoms. The molecule has 0 radical (unpaired) electrons. The lowest BCUT2D eigenvalue weighted by Gasteiger charge is -2.29. The van der Waals surface area contributed by atoms with Crippen molar-refractivity contribution in [3.63, 3.8) is 0 Å². The van der Waals surface area contributed by atoms with Crippen LogP contribution in [0.25, 0.3) is 0 Å². The molecule has 0 unspecified atom stereocenters. The van der Waals surface area contributed by atoms with E-state index in [4.69, 9.17) is 4.74 Å². The molecule has 24 heavy (non-hydrogen) atoms. The number of ether oxygens (including phenoxy) is 1. The quantitative estimate of drug-likeness (QED) is 0.737. The number of carbonyl (C=O) groups excluding carboxylic acids is 2. The van der Waals surface area contributed by atoms with E-state index in [2.05, 4.69) is 10.6 Å². The molecule has 0 heterocycles. The molecule has 0 spiro atoms. The number of likely N-dealkylation sites (N-methyl/N-ethyl adjacent to an activating group) is 1. The molecule has 0 saturated heterocycles. The van der Waals surface area contributed by atoms with Crippen LogP contribution < -0.4 is 10.6 Å². The highest BCUT2D eigenvalue weighted by molar-refractivity contribution is 5.91. The van der Waals surface area contributed by atoms with Crippen molar-refractivity contribution >= 4 is 11.8 Å². The van der Waals surface area contributed by atoms with Crippen LogP contribution in [0.5, 0.6) is 0 Å². The molecule has 134 valence electrons. The Kier molecular flexibility index (Phi) is 7.31. The van der Waals surface area contributed by atoms with Gasteiger partial charge in [0.25, 0.3) is 5.91 Å². The summed E-state index contributed by atoms with van der Waals surface area (Å²) < 4.78 is 19.3. The van der Waals surface area contributed by atoms with Gasteiger partial charge in [-0.05, 0) is 34.0 Å². The highest BCUT2D eigenvalue weighted by Gasteiger charge is 2.38. The van der Waals surface area contributed by atoms with Gasteiger partial charge in [-0.2, -0.15) is 0 Å². The van der Waals surface area contributed by atoms with E-state index in [1.807, 2.05) is 19.0 Å². The van der Waals surface area contributed by atoms with Crippen LogP contribution >= 0.6 is 0 Å². The van der Waals surface area contributed by atoms with Gasteiger partial charge in [0.1, 0.15) is 11.9 Å². The van der Waals surface area contributed by atoms with Gasteiger partial charge >= 0.3 is 0 Å². The van der Waals surface area contributed by atoms with Gasteiger partial charge in [0.2, 0.25) is 5.91 Å². The van der Waals surface area contributed by atoms with E-state index in [0.717, 1.165) is 0 Å². The lowest BCUT2D eigenvalue weighted by molar-refractivity contribution is -0.145. The molecule has 2 amide bonds. The maximum atomic E-state index is 14.0. The average Bonchev–Trinajstić information content (AvgIpc) is 2.53. The van der Waals surface area contributed by atoms with E-state index in [1.54, 1.807) is 13.0 Å². The maximum absolute atomic E-state index is 14.0. The molecule has 1 aromatic rings. The summed E-state index contributed by atoms with van der Waals surface area (Å²) in [4.78, 5) is 26.5. The molecule has 7 heteroatoms. The van der Waals surface area contributed by atoms with Crippen molar-refractivity contribution < 1.29 is 18.7 Å². The van der Waals surface area contributed by atoms with Gasteiger partial charge in [0, 0.05) is 25.8 Å². The summed E-state index contributed by atoms with van der Waals surface area (Å²) in [6.45, 7) is 4.20. The van der Waals surface area contributed by atoms with Crippen molar-refractivity contribution in [2.24, 2.45) is 0 Å². The molecule has 0 fully saturated rings. The molecule has 1 rings (SSSR count). The molecule has 2 N–H and O–H groups in total. The Labute approximate surface area is 142 Å². The smallest absolute Gasteiger partial charge is 0.257 e. The number of hydrogen-bond acceptors (Lipinski definition) is 4. The maximum Gasteiger partial charge on any atom is 0.257 e. The zero-order chi connectivity index (χ0) is 18.3. The second-order valence-corrected chi connectivity index (χ2v) is 6.01. The third-order valence-electron chi connectivity index (χ3n) is 3.83. The zero-order valence-corrected chi connectivity index (χ0v) is 14.9. The topological polar surface area (TPSA) is 70.7 Å².